The lowest BCUT2D eigenvalue weighted by Gasteiger charge is -2.33. The van der Waals surface area contributed by atoms with Gasteiger partial charge in [0.15, 0.2) is 0 Å². The molecule has 0 saturated carbocycles. The van der Waals surface area contributed by atoms with E-state index in [9.17, 15) is 9.59 Å². The highest BCUT2D eigenvalue weighted by molar-refractivity contribution is 5.96. The number of aromatic amines is 1. The van der Waals surface area contributed by atoms with Gasteiger partial charge in [-0.1, -0.05) is 36.4 Å². The maximum atomic E-state index is 13.5. The second kappa shape index (κ2) is 11.9. The van der Waals surface area contributed by atoms with Gasteiger partial charge in [-0.05, 0) is 42.7 Å². The molecule has 196 valence electrons. The molecule has 2 aromatic carbocycles. The van der Waals surface area contributed by atoms with Crippen LogP contribution in [0.5, 0.6) is 0 Å². The van der Waals surface area contributed by atoms with Gasteiger partial charge >= 0.3 is 0 Å². The van der Waals surface area contributed by atoms with E-state index >= 15 is 0 Å². The van der Waals surface area contributed by atoms with E-state index in [-0.39, 0.29) is 11.8 Å². The number of rotatable bonds is 9. The largest absolute Gasteiger partial charge is 0.355 e. The van der Waals surface area contributed by atoms with E-state index in [1.165, 1.54) is 18.8 Å². The first-order valence-electron chi connectivity index (χ1n) is 13.0. The van der Waals surface area contributed by atoms with Gasteiger partial charge in [0.25, 0.3) is 5.91 Å². The summed E-state index contributed by atoms with van der Waals surface area (Å²) in [7, 11) is 0. The highest BCUT2D eigenvalue weighted by Gasteiger charge is 2.24. The molecule has 0 aliphatic carbocycles. The maximum absolute atomic E-state index is 13.5. The number of H-pyrrole nitrogens is 1. The molecule has 0 unspecified atom stereocenters. The minimum absolute atomic E-state index is 0.0321. The van der Waals surface area contributed by atoms with Crippen LogP contribution in [0.4, 0.5) is 11.5 Å². The fourth-order valence-electron chi connectivity index (χ4n) is 4.91. The van der Waals surface area contributed by atoms with E-state index in [1.54, 1.807) is 0 Å². The molecule has 1 aliphatic rings. The van der Waals surface area contributed by atoms with Crippen LogP contribution in [0.15, 0.2) is 73.2 Å². The van der Waals surface area contributed by atoms with E-state index in [0.29, 0.717) is 24.7 Å². The molecule has 3 heterocycles. The molecule has 0 radical (unpaired) electrons. The fraction of sp³-hybridized carbons (Fsp3) is 0.310. The Morgan fingerprint density at radius 1 is 1.05 bits per heavy atom. The van der Waals surface area contributed by atoms with Gasteiger partial charge < -0.3 is 25.4 Å². The number of piperidine rings is 1. The molecule has 0 atom stereocenters. The van der Waals surface area contributed by atoms with Crippen LogP contribution in [-0.2, 0) is 11.3 Å². The zero-order valence-corrected chi connectivity index (χ0v) is 21.6. The minimum atomic E-state index is -0.0926. The zero-order chi connectivity index (χ0) is 26.3. The first-order valence-corrected chi connectivity index (χ1v) is 13.0. The van der Waals surface area contributed by atoms with E-state index in [1.807, 2.05) is 52.4 Å². The van der Waals surface area contributed by atoms with E-state index in [4.69, 9.17) is 0 Å². The van der Waals surface area contributed by atoms with Gasteiger partial charge in [0.05, 0.1) is 5.39 Å². The Morgan fingerprint density at radius 3 is 2.66 bits per heavy atom. The van der Waals surface area contributed by atoms with E-state index < -0.39 is 0 Å². The van der Waals surface area contributed by atoms with Crippen LogP contribution < -0.4 is 15.5 Å². The number of fused-ring (bicyclic) bond motifs is 1. The Bertz CT molecular complexity index is 1380. The molecule has 0 spiro atoms. The lowest BCUT2D eigenvalue weighted by molar-refractivity contribution is -0.118. The number of likely N-dealkylation sites (tertiary alicyclic amines) is 1. The molecular formula is C29H33N7O2. The fourth-order valence-corrected chi connectivity index (χ4v) is 4.91. The van der Waals surface area contributed by atoms with E-state index in [2.05, 4.69) is 49.9 Å². The Kier molecular flexibility index (Phi) is 7.94. The van der Waals surface area contributed by atoms with Crippen molar-refractivity contribution in [3.05, 3.63) is 84.3 Å². The summed E-state index contributed by atoms with van der Waals surface area (Å²) in [6.45, 7) is 4.71. The van der Waals surface area contributed by atoms with Crippen LogP contribution >= 0.6 is 0 Å². The summed E-state index contributed by atoms with van der Waals surface area (Å²) in [5.41, 5.74) is 3.48. The number of hydrogen-bond donors (Lipinski definition) is 3. The third-order valence-corrected chi connectivity index (χ3v) is 6.92. The van der Waals surface area contributed by atoms with Crippen LogP contribution in [0.25, 0.3) is 11.0 Å². The van der Waals surface area contributed by atoms with Crippen molar-refractivity contribution in [1.82, 2.24) is 30.5 Å². The van der Waals surface area contributed by atoms with Crippen molar-refractivity contribution in [3.8, 4) is 0 Å². The maximum Gasteiger partial charge on any atom is 0.253 e. The Labute approximate surface area is 222 Å². The van der Waals surface area contributed by atoms with Gasteiger partial charge in [-0.3, -0.25) is 9.59 Å². The number of benzene rings is 2. The monoisotopic (exact) mass is 511 g/mol. The molecule has 9 heteroatoms. The van der Waals surface area contributed by atoms with Crippen LogP contribution in [-0.4, -0.2) is 63.9 Å². The molecule has 2 amide bonds. The van der Waals surface area contributed by atoms with Crippen LogP contribution in [0.2, 0.25) is 0 Å². The van der Waals surface area contributed by atoms with Gasteiger partial charge in [0.1, 0.15) is 17.8 Å². The number of nitrogens with zero attached hydrogens (tertiary/aromatic N) is 4. The molecule has 5 rings (SSSR count). The highest BCUT2D eigenvalue weighted by Crippen LogP contribution is 2.30. The lowest BCUT2D eigenvalue weighted by Crippen LogP contribution is -2.44. The van der Waals surface area contributed by atoms with Crippen LogP contribution in [0, 0.1) is 0 Å². The normalized spacial score (nSPS) is 14.0. The summed E-state index contributed by atoms with van der Waals surface area (Å²) in [5.74, 6) is 0.658. The summed E-state index contributed by atoms with van der Waals surface area (Å²) < 4.78 is 0. The van der Waals surface area contributed by atoms with Crippen molar-refractivity contribution in [1.29, 1.82) is 0 Å². The second-order valence-corrected chi connectivity index (χ2v) is 9.56. The predicted octanol–water partition coefficient (Wildman–Crippen LogP) is 3.63. The summed E-state index contributed by atoms with van der Waals surface area (Å²) in [6.07, 6.45) is 5.19. The summed E-state index contributed by atoms with van der Waals surface area (Å²) in [4.78, 5) is 40.9. The third-order valence-electron chi connectivity index (χ3n) is 6.92. The topological polar surface area (TPSA) is 106 Å². The van der Waals surface area contributed by atoms with Crippen LogP contribution in [0.1, 0.15) is 35.7 Å². The molecule has 4 aromatic rings. The molecule has 0 bridgehead atoms. The van der Waals surface area contributed by atoms with Gasteiger partial charge in [-0.25, -0.2) is 9.97 Å². The summed E-state index contributed by atoms with van der Waals surface area (Å²) in [6, 6.07) is 20.4. The van der Waals surface area contributed by atoms with Crippen molar-refractivity contribution in [3.63, 3.8) is 0 Å². The summed E-state index contributed by atoms with van der Waals surface area (Å²) in [5, 5.41) is 7.36. The molecule has 2 aromatic heterocycles. The average Bonchev–Trinajstić information content (AvgIpc) is 3.44. The smallest absolute Gasteiger partial charge is 0.253 e. The Balaban J connectivity index is 1.28. The number of carbonyl (C=O) groups excluding carboxylic acids is 2. The van der Waals surface area contributed by atoms with Crippen LogP contribution in [0.3, 0.4) is 0 Å². The third kappa shape index (κ3) is 6.00. The number of hydrogen-bond acceptors (Lipinski definition) is 6. The van der Waals surface area contributed by atoms with Gasteiger partial charge in [-0.2, -0.15) is 0 Å². The van der Waals surface area contributed by atoms with Gasteiger partial charge in [0, 0.05) is 63.1 Å². The van der Waals surface area contributed by atoms with E-state index in [0.717, 1.165) is 55.0 Å². The molecular weight excluding hydrogens is 478 g/mol. The molecule has 1 saturated heterocycles. The molecule has 9 nitrogen and oxygen atoms in total. The number of carbonyl (C=O) groups is 2. The highest BCUT2D eigenvalue weighted by atomic mass is 16.2. The van der Waals surface area contributed by atoms with Crippen molar-refractivity contribution >= 4 is 34.4 Å². The quantitative estimate of drug-likeness (QED) is 0.317. The Morgan fingerprint density at radius 2 is 1.87 bits per heavy atom. The standard InChI is InChI=1S/C29H33N7O2/c1-21(37)30-14-17-36(28-26-10-13-31-27(26)33-20-34-28)25-9-5-8-23(18-25)29(38)35-15-11-24(12-16-35)32-19-22-6-3-2-4-7-22/h2-10,13,18,20,24,32H,11-12,14-17,19H2,1H3,(H,30,37)(H,31,33,34). The van der Waals surface area contributed by atoms with Gasteiger partial charge in [-0.15, -0.1) is 0 Å². The molecule has 1 aliphatic heterocycles. The lowest BCUT2D eigenvalue weighted by atomic mass is 10.0. The van der Waals surface area contributed by atoms with Gasteiger partial charge in [0.2, 0.25) is 5.91 Å². The van der Waals surface area contributed by atoms with Crippen molar-refractivity contribution in [2.24, 2.45) is 0 Å². The number of amides is 2. The number of anilines is 2. The molecule has 3 N–H and O–H groups in total. The Hall–Kier alpha value is -4.24. The zero-order valence-electron chi connectivity index (χ0n) is 21.6. The van der Waals surface area contributed by atoms with Crippen molar-refractivity contribution < 1.29 is 9.59 Å². The summed E-state index contributed by atoms with van der Waals surface area (Å²) >= 11 is 0. The molecule has 38 heavy (non-hydrogen) atoms. The van der Waals surface area contributed by atoms with Crippen molar-refractivity contribution in [2.45, 2.75) is 32.4 Å². The average molecular weight is 512 g/mol. The first kappa shape index (κ1) is 25.4. The minimum Gasteiger partial charge on any atom is -0.355 e. The molecule has 1 fully saturated rings. The second-order valence-electron chi connectivity index (χ2n) is 9.56. The SMILES string of the molecule is CC(=O)NCCN(c1cccc(C(=O)N2CCC(NCc3ccccc3)CC2)c1)c1ncnc2[nH]ccc12. The number of aromatic nitrogens is 3. The van der Waals surface area contributed by atoms with Crippen molar-refractivity contribution in [2.75, 3.05) is 31.1 Å². The number of nitrogens with one attached hydrogen (secondary N) is 3. The first-order chi connectivity index (χ1) is 18.6. The predicted molar refractivity (Wildman–Crippen MR) is 148 cm³/mol.